The van der Waals surface area contributed by atoms with Crippen LogP contribution in [0.15, 0.2) is 42.6 Å². The lowest BCUT2D eigenvalue weighted by Gasteiger charge is -2.38. The molecule has 1 saturated heterocycles. The van der Waals surface area contributed by atoms with Crippen LogP contribution >= 0.6 is 0 Å². The summed E-state index contributed by atoms with van der Waals surface area (Å²) in [4.78, 5) is 9.56. The van der Waals surface area contributed by atoms with Crippen molar-refractivity contribution in [1.82, 2.24) is 9.97 Å². The first-order valence-corrected chi connectivity index (χ1v) is 10.7. The van der Waals surface area contributed by atoms with Crippen molar-refractivity contribution in [2.75, 3.05) is 18.0 Å². The Hall–Kier alpha value is -2.61. The van der Waals surface area contributed by atoms with E-state index in [-0.39, 0.29) is 5.69 Å². The van der Waals surface area contributed by atoms with Crippen LogP contribution in [0.4, 0.5) is 23.4 Å². The number of alkyl halides is 3. The molecule has 0 saturated carbocycles. The highest BCUT2D eigenvalue weighted by Crippen LogP contribution is 2.43. The van der Waals surface area contributed by atoms with Gasteiger partial charge in [-0.2, -0.15) is 13.2 Å². The second-order valence-electron chi connectivity index (χ2n) is 9.40. The van der Waals surface area contributed by atoms with Crippen LogP contribution in [0.3, 0.4) is 0 Å². The molecular weight excluding hydrogens is 422 g/mol. The molecule has 4 rings (SSSR count). The van der Waals surface area contributed by atoms with E-state index >= 15 is 0 Å². The third-order valence-corrected chi connectivity index (χ3v) is 6.33. The summed E-state index contributed by atoms with van der Waals surface area (Å²) in [7, 11) is 0. The molecule has 1 atom stereocenters. The van der Waals surface area contributed by atoms with Crippen molar-refractivity contribution in [2.45, 2.75) is 56.7 Å². The van der Waals surface area contributed by atoms with E-state index in [2.05, 4.69) is 14.9 Å². The van der Waals surface area contributed by atoms with Gasteiger partial charge in [0.2, 0.25) is 0 Å². The maximum absolute atomic E-state index is 14.1. The molecule has 1 aliphatic rings. The largest absolute Gasteiger partial charge is 0.417 e. The number of benzene rings is 1. The summed E-state index contributed by atoms with van der Waals surface area (Å²) < 4.78 is 55.9. The zero-order chi connectivity index (χ0) is 23.1. The molecule has 2 aromatic heterocycles. The second kappa shape index (κ2) is 8.06. The predicted octanol–water partition coefficient (Wildman–Crippen LogP) is 5.51. The van der Waals surface area contributed by atoms with Crippen molar-refractivity contribution >= 4 is 16.7 Å². The summed E-state index contributed by atoms with van der Waals surface area (Å²) in [6.07, 6.45) is -2.30. The Balaban J connectivity index is 1.62. The molecule has 0 bridgehead atoms. The van der Waals surface area contributed by atoms with Crippen molar-refractivity contribution in [2.24, 2.45) is 0 Å². The summed E-state index contributed by atoms with van der Waals surface area (Å²) in [5.74, 6) is 0.280. The molecule has 0 spiro atoms. The number of anilines is 1. The van der Waals surface area contributed by atoms with Crippen LogP contribution < -0.4 is 4.90 Å². The molecule has 32 heavy (non-hydrogen) atoms. The Labute approximate surface area is 184 Å². The highest BCUT2D eigenvalue weighted by atomic mass is 19.4. The van der Waals surface area contributed by atoms with Gasteiger partial charge in [-0.05, 0) is 54.5 Å². The Morgan fingerprint density at radius 2 is 1.81 bits per heavy atom. The number of hydrogen-bond donors (Lipinski definition) is 2. The molecule has 1 unspecified atom stereocenters. The van der Waals surface area contributed by atoms with E-state index in [4.69, 9.17) is 0 Å². The van der Waals surface area contributed by atoms with E-state index in [1.54, 1.807) is 32.2 Å². The van der Waals surface area contributed by atoms with Gasteiger partial charge in [-0.15, -0.1) is 0 Å². The standard InChI is InChI=1S/C24H27F4N3O/c1-22(2,17-6-5-7-18(25)12-17)15-23(32,24(26,27)28)13-19-10-16-11-21(29-14-20(16)30-19)31-8-3-4-9-31/h5-7,10-12,14,30,32H,3-4,8-9,13,15H2,1-2H3. The Morgan fingerprint density at radius 3 is 2.47 bits per heavy atom. The van der Waals surface area contributed by atoms with Gasteiger partial charge in [-0.25, -0.2) is 9.37 Å². The van der Waals surface area contributed by atoms with Crippen LogP contribution in [-0.4, -0.2) is 39.9 Å². The van der Waals surface area contributed by atoms with E-state index in [1.165, 1.54) is 18.2 Å². The Kier molecular flexibility index (Phi) is 5.69. The maximum Gasteiger partial charge on any atom is 0.417 e. The van der Waals surface area contributed by atoms with E-state index in [0.717, 1.165) is 37.1 Å². The van der Waals surface area contributed by atoms with Gasteiger partial charge < -0.3 is 15.0 Å². The number of hydrogen-bond acceptors (Lipinski definition) is 3. The molecular formula is C24H27F4N3O. The van der Waals surface area contributed by atoms with Crippen LogP contribution in [0, 0.1) is 5.82 Å². The Morgan fingerprint density at radius 1 is 1.09 bits per heavy atom. The third kappa shape index (κ3) is 4.46. The maximum atomic E-state index is 14.1. The molecule has 3 aromatic rings. The second-order valence-corrected chi connectivity index (χ2v) is 9.40. The van der Waals surface area contributed by atoms with Crippen LogP contribution in [-0.2, 0) is 11.8 Å². The quantitative estimate of drug-likeness (QED) is 0.488. The fraction of sp³-hybridized carbons (Fsp3) is 0.458. The smallest absolute Gasteiger partial charge is 0.380 e. The average Bonchev–Trinajstić information content (AvgIpc) is 3.35. The zero-order valence-electron chi connectivity index (χ0n) is 18.1. The number of rotatable bonds is 6. The summed E-state index contributed by atoms with van der Waals surface area (Å²) in [6.45, 7) is 4.99. The highest BCUT2D eigenvalue weighted by molar-refractivity contribution is 5.82. The SMILES string of the molecule is CC(C)(CC(O)(Cc1cc2cc(N3CCCC3)ncc2[nH]1)C(F)(F)F)c1cccc(F)c1. The fourth-order valence-electron chi connectivity index (χ4n) is 4.61. The summed E-state index contributed by atoms with van der Waals surface area (Å²) >= 11 is 0. The van der Waals surface area contributed by atoms with Gasteiger partial charge in [0, 0.05) is 30.6 Å². The molecule has 172 valence electrons. The van der Waals surface area contributed by atoms with Crippen LogP contribution in [0.25, 0.3) is 10.9 Å². The van der Waals surface area contributed by atoms with Gasteiger partial charge in [-0.3, -0.25) is 0 Å². The normalized spacial score (nSPS) is 17.2. The number of H-pyrrole nitrogens is 1. The average molecular weight is 449 g/mol. The van der Waals surface area contributed by atoms with Gasteiger partial charge in [0.15, 0.2) is 5.60 Å². The zero-order valence-corrected chi connectivity index (χ0v) is 18.1. The first kappa shape index (κ1) is 22.6. The lowest BCUT2D eigenvalue weighted by molar-refractivity contribution is -0.266. The minimum absolute atomic E-state index is 0.273. The van der Waals surface area contributed by atoms with Crippen LogP contribution in [0.1, 0.15) is 44.4 Å². The number of aromatic nitrogens is 2. The van der Waals surface area contributed by atoms with E-state index in [0.29, 0.717) is 11.1 Å². The summed E-state index contributed by atoms with van der Waals surface area (Å²) in [5, 5.41) is 11.6. The van der Waals surface area contributed by atoms with E-state index < -0.39 is 35.9 Å². The number of pyridine rings is 1. The van der Waals surface area contributed by atoms with E-state index in [1.807, 2.05) is 6.07 Å². The van der Waals surface area contributed by atoms with Gasteiger partial charge in [0.05, 0.1) is 11.7 Å². The number of nitrogens with zero attached hydrogens (tertiary/aromatic N) is 2. The monoisotopic (exact) mass is 449 g/mol. The van der Waals surface area contributed by atoms with Crippen LogP contribution in [0.5, 0.6) is 0 Å². The van der Waals surface area contributed by atoms with Crippen molar-refractivity contribution < 1.29 is 22.7 Å². The van der Waals surface area contributed by atoms with Crippen molar-refractivity contribution in [3.8, 4) is 0 Å². The Bertz CT molecular complexity index is 1100. The number of fused-ring (bicyclic) bond motifs is 1. The van der Waals surface area contributed by atoms with Gasteiger partial charge in [0.1, 0.15) is 11.6 Å². The molecule has 3 heterocycles. The van der Waals surface area contributed by atoms with Crippen molar-refractivity contribution in [1.29, 1.82) is 0 Å². The topological polar surface area (TPSA) is 52.1 Å². The van der Waals surface area contributed by atoms with Crippen molar-refractivity contribution in [3.63, 3.8) is 0 Å². The fourth-order valence-corrected chi connectivity index (χ4v) is 4.61. The number of nitrogens with one attached hydrogen (secondary N) is 1. The molecule has 2 N–H and O–H groups in total. The van der Waals surface area contributed by atoms with Crippen molar-refractivity contribution in [3.05, 3.63) is 59.7 Å². The number of halogens is 4. The lowest BCUT2D eigenvalue weighted by Crippen LogP contribution is -2.50. The summed E-state index contributed by atoms with van der Waals surface area (Å²) in [5.41, 5.74) is -2.80. The first-order valence-electron chi connectivity index (χ1n) is 10.7. The van der Waals surface area contributed by atoms with Gasteiger partial charge in [0.25, 0.3) is 0 Å². The molecule has 1 fully saturated rings. The first-order chi connectivity index (χ1) is 15.0. The molecule has 8 heteroatoms. The molecule has 0 amide bonds. The molecule has 0 radical (unpaired) electrons. The van der Waals surface area contributed by atoms with Gasteiger partial charge in [-0.1, -0.05) is 26.0 Å². The molecule has 4 nitrogen and oxygen atoms in total. The summed E-state index contributed by atoms with van der Waals surface area (Å²) in [6, 6.07) is 9.00. The number of aliphatic hydroxyl groups is 1. The van der Waals surface area contributed by atoms with Gasteiger partial charge >= 0.3 is 6.18 Å². The molecule has 0 aliphatic carbocycles. The molecule has 1 aliphatic heterocycles. The minimum atomic E-state index is -4.87. The molecule has 1 aromatic carbocycles. The lowest BCUT2D eigenvalue weighted by atomic mass is 9.73. The predicted molar refractivity (Wildman–Crippen MR) is 116 cm³/mol. The highest BCUT2D eigenvalue weighted by Gasteiger charge is 2.56. The van der Waals surface area contributed by atoms with Crippen LogP contribution in [0.2, 0.25) is 0 Å². The third-order valence-electron chi connectivity index (χ3n) is 6.33. The number of aromatic amines is 1. The minimum Gasteiger partial charge on any atom is -0.380 e. The van der Waals surface area contributed by atoms with E-state index in [9.17, 15) is 22.7 Å².